The zero-order chi connectivity index (χ0) is 15.7. The van der Waals surface area contributed by atoms with Crippen molar-refractivity contribution in [1.29, 1.82) is 0 Å². The number of nitro groups is 1. The number of nitrogens with zero attached hydrogens (tertiary/aromatic N) is 2. The van der Waals surface area contributed by atoms with Gasteiger partial charge in [0.1, 0.15) is 0 Å². The molecule has 1 aliphatic rings. The monoisotopic (exact) mass is 299 g/mol. The molecule has 3 rings (SSSR count). The SMILES string of the molecule is Nc1ccc(-c2cccc([N+](=O)[O-])c2)n(C2CCCC2)c1=O. The van der Waals surface area contributed by atoms with Gasteiger partial charge in [-0.25, -0.2) is 0 Å². The second-order valence-corrected chi connectivity index (χ2v) is 5.59. The van der Waals surface area contributed by atoms with Crippen molar-refractivity contribution in [2.24, 2.45) is 0 Å². The van der Waals surface area contributed by atoms with Gasteiger partial charge in [-0.05, 0) is 25.0 Å². The van der Waals surface area contributed by atoms with E-state index in [1.165, 1.54) is 12.1 Å². The maximum Gasteiger partial charge on any atom is 0.274 e. The number of aromatic nitrogens is 1. The van der Waals surface area contributed by atoms with Gasteiger partial charge in [0.15, 0.2) is 0 Å². The molecule has 1 aromatic heterocycles. The maximum absolute atomic E-state index is 12.5. The van der Waals surface area contributed by atoms with Gasteiger partial charge in [-0.15, -0.1) is 0 Å². The number of pyridine rings is 1. The highest BCUT2D eigenvalue weighted by Gasteiger charge is 2.22. The fraction of sp³-hybridized carbons (Fsp3) is 0.312. The third-order valence-corrected chi connectivity index (χ3v) is 4.19. The van der Waals surface area contributed by atoms with Crippen LogP contribution in [0.1, 0.15) is 31.7 Å². The molecule has 1 heterocycles. The topological polar surface area (TPSA) is 91.2 Å². The summed E-state index contributed by atoms with van der Waals surface area (Å²) >= 11 is 0. The lowest BCUT2D eigenvalue weighted by molar-refractivity contribution is -0.384. The van der Waals surface area contributed by atoms with Crippen molar-refractivity contribution in [2.45, 2.75) is 31.7 Å². The summed E-state index contributed by atoms with van der Waals surface area (Å²) in [4.78, 5) is 23.0. The fourth-order valence-electron chi connectivity index (χ4n) is 3.11. The van der Waals surface area contributed by atoms with Gasteiger partial charge in [0.2, 0.25) is 0 Å². The van der Waals surface area contributed by atoms with Gasteiger partial charge in [-0.2, -0.15) is 0 Å². The summed E-state index contributed by atoms with van der Waals surface area (Å²) in [5.74, 6) is 0. The largest absolute Gasteiger partial charge is 0.394 e. The molecule has 1 saturated carbocycles. The minimum atomic E-state index is -0.432. The molecular weight excluding hydrogens is 282 g/mol. The van der Waals surface area contributed by atoms with Crippen LogP contribution in [0.4, 0.5) is 11.4 Å². The second kappa shape index (κ2) is 5.63. The van der Waals surface area contributed by atoms with Crippen LogP contribution >= 0.6 is 0 Å². The van der Waals surface area contributed by atoms with Crippen molar-refractivity contribution in [1.82, 2.24) is 4.57 Å². The normalized spacial score (nSPS) is 15.1. The Balaban J connectivity index is 2.18. The Morgan fingerprint density at radius 3 is 2.59 bits per heavy atom. The molecule has 1 aromatic carbocycles. The Hall–Kier alpha value is -2.63. The molecule has 2 aromatic rings. The minimum absolute atomic E-state index is 0.0137. The first kappa shape index (κ1) is 14.3. The van der Waals surface area contributed by atoms with E-state index >= 15 is 0 Å². The molecule has 0 spiro atoms. The summed E-state index contributed by atoms with van der Waals surface area (Å²) in [5.41, 5.74) is 7.14. The van der Waals surface area contributed by atoms with Crippen LogP contribution in [-0.2, 0) is 0 Å². The van der Waals surface area contributed by atoms with Crippen molar-refractivity contribution < 1.29 is 4.92 Å². The lowest BCUT2D eigenvalue weighted by Crippen LogP contribution is -2.27. The maximum atomic E-state index is 12.5. The highest BCUT2D eigenvalue weighted by Crippen LogP contribution is 2.33. The smallest absolute Gasteiger partial charge is 0.274 e. The van der Waals surface area contributed by atoms with Crippen molar-refractivity contribution in [3.8, 4) is 11.3 Å². The number of benzene rings is 1. The molecule has 0 aliphatic heterocycles. The van der Waals surface area contributed by atoms with Crippen LogP contribution in [0.3, 0.4) is 0 Å². The molecule has 0 radical (unpaired) electrons. The predicted octanol–water partition coefficient (Wildman–Crippen LogP) is 3.12. The molecule has 6 nitrogen and oxygen atoms in total. The summed E-state index contributed by atoms with van der Waals surface area (Å²) < 4.78 is 1.71. The average Bonchev–Trinajstić information content (AvgIpc) is 3.04. The van der Waals surface area contributed by atoms with Crippen LogP contribution in [0.2, 0.25) is 0 Å². The molecule has 2 N–H and O–H groups in total. The lowest BCUT2D eigenvalue weighted by atomic mass is 10.1. The zero-order valence-electron chi connectivity index (χ0n) is 12.1. The molecule has 0 saturated heterocycles. The number of non-ortho nitro benzene ring substituents is 1. The van der Waals surface area contributed by atoms with Crippen molar-refractivity contribution in [2.75, 3.05) is 5.73 Å². The number of hydrogen-bond donors (Lipinski definition) is 1. The third-order valence-electron chi connectivity index (χ3n) is 4.19. The van der Waals surface area contributed by atoms with Gasteiger partial charge < -0.3 is 10.3 Å². The zero-order valence-corrected chi connectivity index (χ0v) is 12.1. The Morgan fingerprint density at radius 1 is 1.18 bits per heavy atom. The van der Waals surface area contributed by atoms with Crippen molar-refractivity contribution in [3.05, 3.63) is 56.9 Å². The van der Waals surface area contributed by atoms with E-state index in [9.17, 15) is 14.9 Å². The van der Waals surface area contributed by atoms with E-state index in [4.69, 9.17) is 5.73 Å². The van der Waals surface area contributed by atoms with E-state index in [-0.39, 0.29) is 23.0 Å². The summed E-state index contributed by atoms with van der Waals surface area (Å²) in [7, 11) is 0. The van der Waals surface area contributed by atoms with E-state index in [0.717, 1.165) is 25.7 Å². The van der Waals surface area contributed by atoms with E-state index in [0.29, 0.717) is 11.3 Å². The third kappa shape index (κ3) is 2.47. The van der Waals surface area contributed by atoms with Crippen LogP contribution in [0.25, 0.3) is 11.3 Å². The molecule has 6 heteroatoms. The van der Waals surface area contributed by atoms with Gasteiger partial charge >= 0.3 is 0 Å². The molecule has 1 aliphatic carbocycles. The number of nitrogens with two attached hydrogens (primary N) is 1. The first-order valence-electron chi connectivity index (χ1n) is 7.34. The van der Waals surface area contributed by atoms with Crippen LogP contribution in [0.15, 0.2) is 41.2 Å². The summed E-state index contributed by atoms with van der Waals surface area (Å²) in [5, 5.41) is 11.0. The van der Waals surface area contributed by atoms with Gasteiger partial charge in [-0.3, -0.25) is 14.9 Å². The average molecular weight is 299 g/mol. The quantitative estimate of drug-likeness (QED) is 0.696. The highest BCUT2D eigenvalue weighted by atomic mass is 16.6. The van der Waals surface area contributed by atoms with Crippen molar-refractivity contribution in [3.63, 3.8) is 0 Å². The Kier molecular flexibility index (Phi) is 3.66. The molecule has 114 valence electrons. The van der Waals surface area contributed by atoms with Crippen LogP contribution < -0.4 is 11.3 Å². The molecule has 22 heavy (non-hydrogen) atoms. The predicted molar refractivity (Wildman–Crippen MR) is 84.7 cm³/mol. The minimum Gasteiger partial charge on any atom is -0.394 e. The van der Waals surface area contributed by atoms with Gasteiger partial charge in [0.05, 0.1) is 16.3 Å². The van der Waals surface area contributed by atoms with E-state index in [1.54, 1.807) is 28.8 Å². The summed E-state index contributed by atoms with van der Waals surface area (Å²) in [6.45, 7) is 0. The Bertz CT molecular complexity index is 776. The lowest BCUT2D eigenvalue weighted by Gasteiger charge is -2.19. The number of anilines is 1. The number of hydrogen-bond acceptors (Lipinski definition) is 4. The van der Waals surface area contributed by atoms with Crippen LogP contribution in [0.5, 0.6) is 0 Å². The standard InChI is InChI=1S/C16H17N3O3/c17-14-8-9-15(11-4-3-7-13(10-11)19(21)22)18(16(14)20)12-5-1-2-6-12/h3-4,7-10,12H,1-2,5-6,17H2. The second-order valence-electron chi connectivity index (χ2n) is 5.59. The number of rotatable bonds is 3. The Morgan fingerprint density at radius 2 is 1.91 bits per heavy atom. The number of nitrogen functional groups attached to an aromatic ring is 1. The van der Waals surface area contributed by atoms with E-state index in [1.807, 2.05) is 0 Å². The first-order chi connectivity index (χ1) is 10.6. The molecule has 0 atom stereocenters. The first-order valence-corrected chi connectivity index (χ1v) is 7.34. The number of nitro benzene ring substituents is 1. The van der Waals surface area contributed by atoms with Crippen molar-refractivity contribution >= 4 is 11.4 Å². The molecule has 0 unspecified atom stereocenters. The van der Waals surface area contributed by atoms with E-state index in [2.05, 4.69) is 0 Å². The van der Waals surface area contributed by atoms with Gasteiger partial charge in [0, 0.05) is 23.7 Å². The summed E-state index contributed by atoms with van der Waals surface area (Å²) in [6, 6.07) is 9.81. The van der Waals surface area contributed by atoms with Gasteiger partial charge in [-0.1, -0.05) is 25.0 Å². The highest BCUT2D eigenvalue weighted by molar-refractivity contribution is 5.64. The summed E-state index contributed by atoms with van der Waals surface area (Å²) in [6.07, 6.45) is 4.04. The van der Waals surface area contributed by atoms with Gasteiger partial charge in [0.25, 0.3) is 11.2 Å². The van der Waals surface area contributed by atoms with E-state index < -0.39 is 4.92 Å². The van der Waals surface area contributed by atoms with Crippen LogP contribution in [-0.4, -0.2) is 9.49 Å². The fourth-order valence-corrected chi connectivity index (χ4v) is 3.11. The molecule has 0 amide bonds. The molecule has 0 bridgehead atoms. The molecular formula is C16H17N3O3. The molecule has 1 fully saturated rings. The Labute approximate surface area is 127 Å². The van der Waals surface area contributed by atoms with Crippen LogP contribution in [0, 0.1) is 10.1 Å².